The number of amides is 3. The first-order chi connectivity index (χ1) is 14.2. The summed E-state index contributed by atoms with van der Waals surface area (Å²) < 4.78 is 1.64. The zero-order valence-corrected chi connectivity index (χ0v) is 16.4. The number of benzene rings is 1. The van der Waals surface area contributed by atoms with Crippen LogP contribution in [0.15, 0.2) is 48.9 Å². The van der Waals surface area contributed by atoms with Gasteiger partial charge in [-0.1, -0.05) is 18.2 Å². The summed E-state index contributed by atoms with van der Waals surface area (Å²) in [6, 6.07) is 4.01. The molecule has 0 radical (unpaired) electrons. The molecule has 0 saturated heterocycles. The molecule has 2 heterocycles. The van der Waals surface area contributed by atoms with Crippen molar-refractivity contribution in [2.45, 2.75) is 18.5 Å². The van der Waals surface area contributed by atoms with Gasteiger partial charge in [0.1, 0.15) is 0 Å². The van der Waals surface area contributed by atoms with Crippen LogP contribution in [0.5, 0.6) is 0 Å². The predicted molar refractivity (Wildman–Crippen MR) is 113 cm³/mol. The van der Waals surface area contributed by atoms with Crippen LogP contribution in [0.3, 0.4) is 0 Å². The number of aliphatic carboxylic acids is 1. The van der Waals surface area contributed by atoms with Crippen molar-refractivity contribution in [3.8, 4) is 11.1 Å². The molecule has 1 aliphatic rings. The zero-order valence-electron chi connectivity index (χ0n) is 16.4. The van der Waals surface area contributed by atoms with E-state index in [-0.39, 0.29) is 36.0 Å². The van der Waals surface area contributed by atoms with E-state index < -0.39 is 35.8 Å². The van der Waals surface area contributed by atoms with Crippen molar-refractivity contribution in [2.75, 3.05) is 7.05 Å². The van der Waals surface area contributed by atoms with Gasteiger partial charge in [-0.15, -0.1) is 0 Å². The van der Waals surface area contributed by atoms with Crippen LogP contribution in [0.2, 0.25) is 0 Å². The van der Waals surface area contributed by atoms with Crippen molar-refractivity contribution in [1.29, 1.82) is 0 Å². The van der Waals surface area contributed by atoms with Gasteiger partial charge in [0.25, 0.3) is 5.91 Å². The summed E-state index contributed by atoms with van der Waals surface area (Å²) in [6.07, 6.45) is 5.62. The molecule has 3 rings (SSSR count). The summed E-state index contributed by atoms with van der Waals surface area (Å²) in [6.45, 7) is 0. The van der Waals surface area contributed by atoms with Crippen molar-refractivity contribution < 1.29 is 24.3 Å². The molecule has 31 heavy (non-hydrogen) atoms. The summed E-state index contributed by atoms with van der Waals surface area (Å²) in [5.74, 6) is -2.24. The second-order valence-electron chi connectivity index (χ2n) is 6.90. The molecule has 1 unspecified atom stereocenters. The molecular formula is C20H22N5NaO5. The first-order valence-corrected chi connectivity index (χ1v) is 9.11. The molecular weight excluding hydrogens is 413 g/mol. The van der Waals surface area contributed by atoms with Crippen LogP contribution in [0.4, 0.5) is 4.79 Å². The average molecular weight is 435 g/mol. The average Bonchev–Trinajstić information content (AvgIpc) is 3.14. The Bertz CT molecular complexity index is 1030. The number of carbonyl (C=O) groups is 4. The van der Waals surface area contributed by atoms with E-state index in [1.807, 2.05) is 12.3 Å². The molecule has 0 aliphatic carbocycles. The third kappa shape index (κ3) is 6.03. The number of nitrogens with zero attached hydrogens (tertiary/aromatic N) is 3. The van der Waals surface area contributed by atoms with Crippen molar-refractivity contribution in [3.63, 3.8) is 0 Å². The van der Waals surface area contributed by atoms with Crippen molar-refractivity contribution >= 4 is 53.2 Å². The van der Waals surface area contributed by atoms with Crippen LogP contribution in [-0.4, -0.2) is 86.1 Å². The Balaban J connectivity index is 0.00000341. The number of aryl methyl sites for hydroxylation is 1. The SMILES string of the molecule is CN1C=CC(=O)C(NC(=O)N[C@@H](CC(=O)O)c2cccc(-c3cnn(C)c3)c2)C1=O.[NaH]. The van der Waals surface area contributed by atoms with Crippen LogP contribution in [0.25, 0.3) is 11.1 Å². The fourth-order valence-corrected chi connectivity index (χ4v) is 3.08. The fraction of sp³-hybridized carbons (Fsp3) is 0.250. The Labute approximate surface area is 200 Å². The molecule has 2 aromatic rings. The maximum atomic E-state index is 12.5. The molecule has 11 heteroatoms. The van der Waals surface area contributed by atoms with Crippen LogP contribution < -0.4 is 10.6 Å². The van der Waals surface area contributed by atoms with Gasteiger partial charge in [-0.2, -0.15) is 5.10 Å². The quantitative estimate of drug-likeness (QED) is 0.438. The molecule has 0 bridgehead atoms. The molecule has 158 valence electrons. The zero-order chi connectivity index (χ0) is 21.8. The number of aromatic nitrogens is 2. The van der Waals surface area contributed by atoms with E-state index in [1.165, 1.54) is 24.2 Å². The molecule has 2 atom stereocenters. The van der Waals surface area contributed by atoms with Gasteiger partial charge in [0.2, 0.25) is 0 Å². The number of hydrogen-bond acceptors (Lipinski definition) is 5. The van der Waals surface area contributed by atoms with Gasteiger partial charge in [-0.05, 0) is 17.2 Å². The van der Waals surface area contributed by atoms with E-state index in [0.29, 0.717) is 5.56 Å². The van der Waals surface area contributed by atoms with Gasteiger partial charge in [0.05, 0.1) is 18.7 Å². The number of likely N-dealkylation sites (N-methyl/N-ethyl adjacent to an activating group) is 1. The molecule has 3 amide bonds. The standard InChI is InChI=1S/C20H21N5O5.Na.H/c1-24-7-6-16(26)18(19(24)29)23-20(30)22-15(9-17(27)28)13-5-3-4-12(8-13)14-10-21-25(2)11-14;;/h3-8,10-11,15,18H,9H2,1-2H3,(H,27,28)(H2,22,23,30);;/t15-,18?;;/m0../s1. The molecule has 1 aromatic carbocycles. The predicted octanol–water partition coefficient (Wildman–Crippen LogP) is 0.177. The minimum absolute atomic E-state index is 0. The van der Waals surface area contributed by atoms with Crippen molar-refractivity contribution in [3.05, 3.63) is 54.5 Å². The van der Waals surface area contributed by atoms with E-state index in [2.05, 4.69) is 15.7 Å². The first kappa shape index (κ1) is 24.3. The van der Waals surface area contributed by atoms with Gasteiger partial charge in [-0.3, -0.25) is 19.1 Å². The van der Waals surface area contributed by atoms with E-state index in [1.54, 1.807) is 36.1 Å². The summed E-state index contributed by atoms with van der Waals surface area (Å²) in [4.78, 5) is 49.1. The molecule has 1 aromatic heterocycles. The Morgan fingerprint density at radius 1 is 1.23 bits per heavy atom. The Kier molecular flexibility index (Phi) is 8.14. The number of rotatable bonds is 6. The van der Waals surface area contributed by atoms with Gasteiger partial charge < -0.3 is 20.6 Å². The van der Waals surface area contributed by atoms with Gasteiger partial charge in [-0.25, -0.2) is 4.79 Å². The number of carboxylic acids is 1. The van der Waals surface area contributed by atoms with Crippen LogP contribution in [0, 0.1) is 0 Å². The van der Waals surface area contributed by atoms with Crippen LogP contribution in [0.1, 0.15) is 18.0 Å². The number of carboxylic acid groups (broad SMARTS) is 1. The second kappa shape index (κ2) is 10.4. The molecule has 0 fully saturated rings. The third-order valence-electron chi connectivity index (χ3n) is 4.63. The van der Waals surface area contributed by atoms with E-state index in [9.17, 15) is 24.3 Å². The summed E-state index contributed by atoms with van der Waals surface area (Å²) in [5.41, 5.74) is 2.21. The van der Waals surface area contributed by atoms with Crippen LogP contribution in [-0.2, 0) is 21.4 Å². The summed E-state index contributed by atoms with van der Waals surface area (Å²) in [7, 11) is 3.25. The molecule has 10 nitrogen and oxygen atoms in total. The van der Waals surface area contributed by atoms with Gasteiger partial charge >= 0.3 is 41.6 Å². The Morgan fingerprint density at radius 3 is 2.61 bits per heavy atom. The van der Waals surface area contributed by atoms with Gasteiger partial charge in [0, 0.05) is 38.1 Å². The van der Waals surface area contributed by atoms with Crippen molar-refractivity contribution in [2.24, 2.45) is 7.05 Å². The second-order valence-corrected chi connectivity index (χ2v) is 6.90. The number of carbonyl (C=O) groups excluding carboxylic acids is 3. The van der Waals surface area contributed by atoms with E-state index in [0.717, 1.165) is 11.1 Å². The molecule has 3 N–H and O–H groups in total. The summed E-state index contributed by atoms with van der Waals surface area (Å²) >= 11 is 0. The topological polar surface area (TPSA) is 134 Å². The van der Waals surface area contributed by atoms with E-state index >= 15 is 0 Å². The number of hydrogen-bond donors (Lipinski definition) is 3. The summed E-state index contributed by atoms with van der Waals surface area (Å²) in [5, 5.41) is 18.3. The van der Waals surface area contributed by atoms with Crippen LogP contribution >= 0.6 is 0 Å². The molecule has 0 spiro atoms. The fourth-order valence-electron chi connectivity index (χ4n) is 3.08. The Hall–Kier alpha value is -2.95. The number of urea groups is 1. The number of nitrogens with one attached hydrogen (secondary N) is 2. The monoisotopic (exact) mass is 435 g/mol. The molecule has 1 aliphatic heterocycles. The third-order valence-corrected chi connectivity index (χ3v) is 4.63. The number of ketones is 1. The minimum atomic E-state index is -1.35. The normalized spacial score (nSPS) is 16.5. The van der Waals surface area contributed by atoms with Crippen molar-refractivity contribution in [1.82, 2.24) is 25.3 Å². The molecule has 0 saturated carbocycles. The van der Waals surface area contributed by atoms with E-state index in [4.69, 9.17) is 0 Å². The van der Waals surface area contributed by atoms with Gasteiger partial charge in [0.15, 0.2) is 11.8 Å². The maximum absolute atomic E-state index is 12.5. The first-order valence-electron chi connectivity index (χ1n) is 9.11. The Morgan fingerprint density at radius 2 is 1.97 bits per heavy atom.